The molecule has 0 aliphatic heterocycles. The monoisotopic (exact) mass is 344 g/mol. The second kappa shape index (κ2) is 8.85. The molecule has 0 radical (unpaired) electrons. The van der Waals surface area contributed by atoms with E-state index in [9.17, 15) is 0 Å². The molecule has 6 heteroatoms. The van der Waals surface area contributed by atoms with Gasteiger partial charge in [0.1, 0.15) is 5.82 Å². The lowest BCUT2D eigenvalue weighted by molar-refractivity contribution is 0.178. The largest absolute Gasteiger partial charge is 0.355 e. The molecule has 0 spiro atoms. The lowest BCUT2D eigenvalue weighted by Gasteiger charge is -2.30. The van der Waals surface area contributed by atoms with Gasteiger partial charge in [-0.3, -0.25) is 9.89 Å². The van der Waals surface area contributed by atoms with E-state index in [0.717, 1.165) is 35.9 Å². The predicted octanol–water partition coefficient (Wildman–Crippen LogP) is 2.36. The Morgan fingerprint density at radius 2 is 1.84 bits per heavy atom. The zero-order valence-corrected chi connectivity index (χ0v) is 16.4. The Balaban J connectivity index is 1.88. The van der Waals surface area contributed by atoms with E-state index in [4.69, 9.17) is 0 Å². The highest BCUT2D eigenvalue weighted by atomic mass is 15.2. The van der Waals surface area contributed by atoms with Gasteiger partial charge >= 0.3 is 0 Å². The van der Waals surface area contributed by atoms with Crippen molar-refractivity contribution in [1.82, 2.24) is 25.1 Å². The van der Waals surface area contributed by atoms with Crippen LogP contribution in [-0.2, 0) is 13.6 Å². The molecule has 0 saturated carbocycles. The fourth-order valence-electron chi connectivity index (χ4n) is 3.15. The fraction of sp³-hybridized carbons (Fsp3) is 0.579. The van der Waals surface area contributed by atoms with Gasteiger partial charge in [0.15, 0.2) is 5.96 Å². The van der Waals surface area contributed by atoms with Crippen molar-refractivity contribution in [2.45, 2.75) is 46.3 Å². The first-order chi connectivity index (χ1) is 11.9. The molecule has 0 bridgehead atoms. The number of benzene rings is 1. The average molecular weight is 345 g/mol. The smallest absolute Gasteiger partial charge is 0.191 e. The number of fused-ring (bicyclic) bond motifs is 1. The van der Waals surface area contributed by atoms with Crippen LogP contribution < -0.4 is 10.6 Å². The van der Waals surface area contributed by atoms with Gasteiger partial charge in [-0.1, -0.05) is 12.1 Å². The molecule has 0 atom stereocenters. The summed E-state index contributed by atoms with van der Waals surface area (Å²) in [6.07, 6.45) is 0. The molecule has 0 saturated heterocycles. The quantitative estimate of drug-likeness (QED) is 0.598. The van der Waals surface area contributed by atoms with Crippen molar-refractivity contribution in [2.24, 2.45) is 12.0 Å². The van der Waals surface area contributed by atoms with Crippen LogP contribution in [0.3, 0.4) is 0 Å². The van der Waals surface area contributed by atoms with Gasteiger partial charge in [0.05, 0.1) is 17.6 Å². The lowest BCUT2D eigenvalue weighted by Crippen LogP contribution is -2.45. The molecule has 0 aliphatic rings. The summed E-state index contributed by atoms with van der Waals surface area (Å²) in [5.41, 5.74) is 2.17. The van der Waals surface area contributed by atoms with Crippen molar-refractivity contribution >= 4 is 17.0 Å². The van der Waals surface area contributed by atoms with Gasteiger partial charge in [-0.2, -0.15) is 0 Å². The Bertz CT molecular complexity index is 693. The number of hydrogen-bond donors (Lipinski definition) is 2. The minimum atomic E-state index is 0.539. The van der Waals surface area contributed by atoms with Gasteiger partial charge < -0.3 is 15.2 Å². The molecule has 1 heterocycles. The van der Waals surface area contributed by atoms with Crippen LogP contribution >= 0.6 is 0 Å². The summed E-state index contributed by atoms with van der Waals surface area (Å²) in [5.74, 6) is 1.80. The van der Waals surface area contributed by atoms with E-state index in [1.165, 1.54) is 0 Å². The van der Waals surface area contributed by atoms with E-state index in [0.29, 0.717) is 18.6 Å². The first kappa shape index (κ1) is 19.2. The number of guanidine groups is 1. The number of aliphatic imine (C=N–C) groups is 1. The summed E-state index contributed by atoms with van der Waals surface area (Å²) < 4.78 is 2.12. The Labute approximate surface area is 151 Å². The standard InChI is InChI=1S/C19H32N6/c1-14(2)25(15(3)4)12-11-21-19(20-5)22-13-18-23-16-9-7-8-10-17(16)24(18)6/h7-10,14-15H,11-13H2,1-6H3,(H2,20,21,22). The van der Waals surface area contributed by atoms with Crippen molar-refractivity contribution in [2.75, 3.05) is 20.1 Å². The molecular formula is C19H32N6. The third kappa shape index (κ3) is 4.95. The van der Waals surface area contributed by atoms with Crippen molar-refractivity contribution in [1.29, 1.82) is 0 Å². The number of rotatable bonds is 7. The summed E-state index contributed by atoms with van der Waals surface area (Å²) in [4.78, 5) is 11.5. The number of para-hydroxylation sites is 2. The predicted molar refractivity (Wildman–Crippen MR) is 106 cm³/mol. The SMILES string of the molecule is CN=C(NCCN(C(C)C)C(C)C)NCc1nc2ccccc2n1C. The van der Waals surface area contributed by atoms with Gasteiger partial charge in [-0.15, -0.1) is 0 Å². The van der Waals surface area contributed by atoms with Gasteiger partial charge in [0, 0.05) is 39.3 Å². The van der Waals surface area contributed by atoms with E-state index in [1.54, 1.807) is 7.05 Å². The number of aromatic nitrogens is 2. The third-order valence-electron chi connectivity index (χ3n) is 4.51. The van der Waals surface area contributed by atoms with Gasteiger partial charge in [-0.05, 0) is 39.8 Å². The van der Waals surface area contributed by atoms with Gasteiger partial charge in [-0.25, -0.2) is 4.98 Å². The van der Waals surface area contributed by atoms with Crippen LogP contribution in [-0.4, -0.2) is 52.6 Å². The molecule has 0 unspecified atom stereocenters. The van der Waals surface area contributed by atoms with Crippen LogP contribution in [0.5, 0.6) is 0 Å². The molecular weight excluding hydrogens is 312 g/mol. The second-order valence-electron chi connectivity index (χ2n) is 6.85. The molecule has 1 aromatic carbocycles. The first-order valence-electron chi connectivity index (χ1n) is 9.04. The molecule has 0 aliphatic carbocycles. The van der Waals surface area contributed by atoms with Crippen LogP contribution in [0.2, 0.25) is 0 Å². The maximum Gasteiger partial charge on any atom is 0.191 e. The van der Waals surface area contributed by atoms with Crippen molar-refractivity contribution in [3.05, 3.63) is 30.1 Å². The average Bonchev–Trinajstić information content (AvgIpc) is 2.90. The highest BCUT2D eigenvalue weighted by Gasteiger charge is 2.13. The van der Waals surface area contributed by atoms with E-state index in [-0.39, 0.29) is 0 Å². The summed E-state index contributed by atoms with van der Waals surface area (Å²) in [6, 6.07) is 9.26. The first-order valence-corrected chi connectivity index (χ1v) is 9.04. The molecule has 138 valence electrons. The summed E-state index contributed by atoms with van der Waals surface area (Å²) in [6.45, 7) is 11.4. The zero-order valence-electron chi connectivity index (χ0n) is 16.4. The maximum atomic E-state index is 4.68. The third-order valence-corrected chi connectivity index (χ3v) is 4.51. The molecule has 0 amide bonds. The summed E-state index contributed by atoms with van der Waals surface area (Å²) >= 11 is 0. The number of aryl methyl sites for hydroxylation is 1. The van der Waals surface area contributed by atoms with Crippen molar-refractivity contribution in [3.63, 3.8) is 0 Å². The van der Waals surface area contributed by atoms with Crippen LogP contribution in [0.25, 0.3) is 11.0 Å². The van der Waals surface area contributed by atoms with Gasteiger partial charge in [0.25, 0.3) is 0 Å². The Morgan fingerprint density at radius 3 is 2.44 bits per heavy atom. The van der Waals surface area contributed by atoms with E-state index >= 15 is 0 Å². The highest BCUT2D eigenvalue weighted by Crippen LogP contribution is 2.13. The minimum absolute atomic E-state index is 0.539. The molecule has 0 fully saturated rings. The van der Waals surface area contributed by atoms with Crippen LogP contribution in [0.15, 0.2) is 29.3 Å². The van der Waals surface area contributed by atoms with Gasteiger partial charge in [0.2, 0.25) is 0 Å². The van der Waals surface area contributed by atoms with Crippen molar-refractivity contribution < 1.29 is 0 Å². The Kier molecular flexibility index (Phi) is 6.82. The highest BCUT2D eigenvalue weighted by molar-refractivity contribution is 5.80. The van der Waals surface area contributed by atoms with E-state index in [1.807, 2.05) is 25.2 Å². The second-order valence-corrected chi connectivity index (χ2v) is 6.85. The summed E-state index contributed by atoms with van der Waals surface area (Å²) in [7, 11) is 3.85. The molecule has 2 aromatic rings. The maximum absolute atomic E-state index is 4.68. The minimum Gasteiger partial charge on any atom is -0.355 e. The molecule has 25 heavy (non-hydrogen) atoms. The number of nitrogens with one attached hydrogen (secondary N) is 2. The number of nitrogens with zero attached hydrogens (tertiary/aromatic N) is 4. The topological polar surface area (TPSA) is 57.5 Å². The van der Waals surface area contributed by atoms with Crippen LogP contribution in [0.4, 0.5) is 0 Å². The van der Waals surface area contributed by atoms with Crippen molar-refractivity contribution in [3.8, 4) is 0 Å². The molecule has 1 aromatic heterocycles. The fourth-order valence-corrected chi connectivity index (χ4v) is 3.15. The van der Waals surface area contributed by atoms with E-state index < -0.39 is 0 Å². The molecule has 2 rings (SSSR count). The summed E-state index contributed by atoms with van der Waals surface area (Å²) in [5, 5.41) is 6.75. The van der Waals surface area contributed by atoms with Crippen LogP contribution in [0.1, 0.15) is 33.5 Å². The number of hydrogen-bond acceptors (Lipinski definition) is 3. The normalized spacial score (nSPS) is 12.6. The zero-order chi connectivity index (χ0) is 18.4. The van der Waals surface area contributed by atoms with E-state index in [2.05, 4.69) is 63.8 Å². The van der Waals surface area contributed by atoms with Crippen LogP contribution in [0, 0.1) is 0 Å². The molecule has 6 nitrogen and oxygen atoms in total. The Morgan fingerprint density at radius 1 is 1.16 bits per heavy atom. The molecule has 2 N–H and O–H groups in total. The lowest BCUT2D eigenvalue weighted by atomic mass is 10.2. The number of imidazole rings is 1. The Hall–Kier alpha value is -2.08.